The van der Waals surface area contributed by atoms with Crippen molar-refractivity contribution < 1.29 is 17.9 Å². The molecule has 1 amide bonds. The van der Waals surface area contributed by atoms with E-state index in [0.717, 1.165) is 10.0 Å². The van der Waals surface area contributed by atoms with Crippen LogP contribution in [-0.2, 0) is 10.0 Å². The summed E-state index contributed by atoms with van der Waals surface area (Å²) in [5.74, 6) is 0.0917. The number of anilines is 2. The molecule has 0 aliphatic carbocycles. The van der Waals surface area contributed by atoms with Crippen LogP contribution in [0.1, 0.15) is 15.9 Å². The quantitative estimate of drug-likeness (QED) is 0.536. The Morgan fingerprint density at radius 3 is 2.31 bits per heavy atom. The maximum atomic E-state index is 12.6. The van der Waals surface area contributed by atoms with Crippen LogP contribution in [0.25, 0.3) is 0 Å². The van der Waals surface area contributed by atoms with Gasteiger partial charge in [0.25, 0.3) is 15.9 Å². The fraction of sp³-hybridized carbons (Fsp3) is 0.0952. The van der Waals surface area contributed by atoms with Crippen LogP contribution in [0.2, 0.25) is 0 Å². The van der Waals surface area contributed by atoms with Crippen molar-refractivity contribution in [2.75, 3.05) is 17.1 Å². The third kappa shape index (κ3) is 4.96. The normalized spacial score (nSPS) is 11.0. The van der Waals surface area contributed by atoms with Crippen molar-refractivity contribution in [1.29, 1.82) is 0 Å². The first-order chi connectivity index (χ1) is 13.8. The first-order valence-corrected chi connectivity index (χ1v) is 10.9. The second-order valence-electron chi connectivity index (χ2n) is 6.24. The minimum atomic E-state index is -3.83. The zero-order valence-electron chi connectivity index (χ0n) is 15.8. The molecule has 0 fully saturated rings. The number of nitrogens with one attached hydrogen (secondary N) is 2. The molecule has 0 aliphatic heterocycles. The number of methoxy groups -OCH3 is 1. The Morgan fingerprint density at radius 2 is 1.66 bits per heavy atom. The highest BCUT2D eigenvalue weighted by Crippen LogP contribution is 2.26. The number of carbonyl (C=O) groups is 1. The molecule has 0 heterocycles. The Morgan fingerprint density at radius 1 is 0.966 bits per heavy atom. The molecule has 0 bridgehead atoms. The predicted molar refractivity (Wildman–Crippen MR) is 117 cm³/mol. The zero-order valence-corrected chi connectivity index (χ0v) is 18.2. The lowest BCUT2D eigenvalue weighted by Crippen LogP contribution is -2.15. The highest BCUT2D eigenvalue weighted by Gasteiger charge is 2.17. The van der Waals surface area contributed by atoms with Gasteiger partial charge in [0.1, 0.15) is 5.75 Å². The van der Waals surface area contributed by atoms with E-state index in [1.54, 1.807) is 30.3 Å². The number of benzene rings is 3. The van der Waals surface area contributed by atoms with Gasteiger partial charge in [-0.25, -0.2) is 8.42 Å². The number of aryl methyl sites for hydroxylation is 1. The van der Waals surface area contributed by atoms with E-state index in [9.17, 15) is 13.2 Å². The van der Waals surface area contributed by atoms with Gasteiger partial charge in [-0.3, -0.25) is 9.52 Å². The Hall–Kier alpha value is -2.84. The number of carbonyl (C=O) groups excluding carboxylic acids is 1. The highest BCUT2D eigenvalue weighted by atomic mass is 79.9. The molecular weight excluding hydrogens is 456 g/mol. The van der Waals surface area contributed by atoms with Crippen LogP contribution >= 0.6 is 15.9 Å². The third-order valence-corrected chi connectivity index (χ3v) is 6.09. The van der Waals surface area contributed by atoms with Gasteiger partial charge in [0, 0.05) is 15.7 Å². The summed E-state index contributed by atoms with van der Waals surface area (Å²) in [6, 6.07) is 18.0. The van der Waals surface area contributed by atoms with Gasteiger partial charge < -0.3 is 10.1 Å². The van der Waals surface area contributed by atoms with E-state index < -0.39 is 10.0 Å². The van der Waals surface area contributed by atoms with E-state index in [-0.39, 0.29) is 10.8 Å². The standard InChI is InChI=1S/C21H19BrN2O4S/c1-14-13-16(22)9-12-18(14)23-21(25)15-7-10-17(11-8-15)29(26,27)24-19-5-3-4-6-20(19)28-2/h3-13,24H,1-2H3,(H,23,25). The summed E-state index contributed by atoms with van der Waals surface area (Å²) >= 11 is 3.38. The second kappa shape index (κ2) is 8.67. The molecule has 3 aromatic carbocycles. The van der Waals surface area contributed by atoms with Gasteiger partial charge in [0.15, 0.2) is 0 Å². The van der Waals surface area contributed by atoms with Crippen molar-refractivity contribution in [2.45, 2.75) is 11.8 Å². The molecule has 0 spiro atoms. The van der Waals surface area contributed by atoms with Crippen LogP contribution in [0, 0.1) is 6.92 Å². The third-order valence-electron chi connectivity index (χ3n) is 4.21. The number of sulfonamides is 1. The maximum Gasteiger partial charge on any atom is 0.262 e. The van der Waals surface area contributed by atoms with Gasteiger partial charge in [0.05, 0.1) is 17.7 Å². The minimum absolute atomic E-state index is 0.0415. The number of halogens is 1. The van der Waals surface area contributed by atoms with Crippen LogP contribution in [0.15, 0.2) is 76.1 Å². The van der Waals surface area contributed by atoms with Crippen LogP contribution in [0.3, 0.4) is 0 Å². The van der Waals surface area contributed by atoms with Gasteiger partial charge in [-0.15, -0.1) is 0 Å². The lowest BCUT2D eigenvalue weighted by atomic mass is 10.1. The Balaban J connectivity index is 1.77. The molecule has 0 saturated heterocycles. The van der Waals surface area contributed by atoms with Crippen molar-refractivity contribution >= 4 is 43.2 Å². The monoisotopic (exact) mass is 474 g/mol. The summed E-state index contributed by atoms with van der Waals surface area (Å²) in [4.78, 5) is 12.5. The molecule has 6 nitrogen and oxygen atoms in total. The topological polar surface area (TPSA) is 84.5 Å². The molecule has 0 radical (unpaired) electrons. The fourth-order valence-corrected chi connectivity index (χ4v) is 4.23. The van der Waals surface area contributed by atoms with Gasteiger partial charge in [-0.05, 0) is 67.1 Å². The molecule has 0 unspecified atom stereocenters. The van der Waals surface area contributed by atoms with E-state index in [2.05, 4.69) is 26.0 Å². The lowest BCUT2D eigenvalue weighted by Gasteiger charge is -2.12. The number of hydrogen-bond donors (Lipinski definition) is 2. The molecular formula is C21H19BrN2O4S. The number of rotatable bonds is 6. The molecule has 3 aromatic rings. The molecule has 29 heavy (non-hydrogen) atoms. The lowest BCUT2D eigenvalue weighted by molar-refractivity contribution is 0.102. The van der Waals surface area contributed by atoms with Crippen molar-refractivity contribution in [3.8, 4) is 5.75 Å². The number of amides is 1. The summed E-state index contributed by atoms with van der Waals surface area (Å²) in [5, 5.41) is 2.83. The largest absolute Gasteiger partial charge is 0.495 e. The van der Waals surface area contributed by atoms with Crippen molar-refractivity contribution in [3.05, 3.63) is 82.3 Å². The Bertz CT molecular complexity index is 1150. The summed E-state index contributed by atoms with van der Waals surface area (Å²) in [5.41, 5.74) is 2.28. The molecule has 3 rings (SSSR count). The van der Waals surface area contributed by atoms with Crippen molar-refractivity contribution in [2.24, 2.45) is 0 Å². The van der Waals surface area contributed by atoms with Crippen molar-refractivity contribution in [3.63, 3.8) is 0 Å². The number of ether oxygens (including phenoxy) is 1. The van der Waals surface area contributed by atoms with Crippen LogP contribution in [0.5, 0.6) is 5.75 Å². The van der Waals surface area contributed by atoms with Gasteiger partial charge in [-0.1, -0.05) is 28.1 Å². The van der Waals surface area contributed by atoms with Gasteiger partial charge >= 0.3 is 0 Å². The van der Waals surface area contributed by atoms with Gasteiger partial charge in [0.2, 0.25) is 0 Å². The van der Waals surface area contributed by atoms with E-state index >= 15 is 0 Å². The van der Waals surface area contributed by atoms with Crippen LogP contribution in [-0.4, -0.2) is 21.4 Å². The summed E-state index contributed by atoms with van der Waals surface area (Å²) < 4.78 is 33.9. The number of para-hydroxylation sites is 2. The molecule has 0 aromatic heterocycles. The van der Waals surface area contributed by atoms with Crippen LogP contribution in [0.4, 0.5) is 11.4 Å². The van der Waals surface area contributed by atoms with E-state index in [1.165, 1.54) is 31.4 Å². The summed E-state index contributed by atoms with van der Waals surface area (Å²) in [6.45, 7) is 1.89. The molecule has 2 N–H and O–H groups in total. The summed E-state index contributed by atoms with van der Waals surface area (Å²) in [7, 11) is -2.36. The Labute approximate surface area is 178 Å². The average molecular weight is 475 g/mol. The first-order valence-electron chi connectivity index (χ1n) is 8.63. The molecule has 150 valence electrons. The zero-order chi connectivity index (χ0) is 21.0. The molecule has 8 heteroatoms. The fourth-order valence-electron chi connectivity index (χ4n) is 2.68. The van der Waals surface area contributed by atoms with E-state index in [4.69, 9.17) is 4.74 Å². The first kappa shape index (κ1) is 20.9. The summed E-state index contributed by atoms with van der Waals surface area (Å²) in [6.07, 6.45) is 0. The average Bonchev–Trinajstić information content (AvgIpc) is 2.70. The maximum absolute atomic E-state index is 12.6. The van der Waals surface area contributed by atoms with Crippen LogP contribution < -0.4 is 14.8 Å². The smallest absolute Gasteiger partial charge is 0.262 e. The number of hydrogen-bond acceptors (Lipinski definition) is 4. The van der Waals surface area contributed by atoms with Gasteiger partial charge in [-0.2, -0.15) is 0 Å². The minimum Gasteiger partial charge on any atom is -0.495 e. The Kier molecular flexibility index (Phi) is 6.24. The molecule has 0 atom stereocenters. The van der Waals surface area contributed by atoms with Crippen molar-refractivity contribution in [1.82, 2.24) is 0 Å². The molecule has 0 saturated carbocycles. The van der Waals surface area contributed by atoms with E-state index in [1.807, 2.05) is 19.1 Å². The van der Waals surface area contributed by atoms with E-state index in [0.29, 0.717) is 22.7 Å². The predicted octanol–water partition coefficient (Wildman–Crippen LogP) is 4.82. The highest BCUT2D eigenvalue weighted by molar-refractivity contribution is 9.10. The molecule has 0 aliphatic rings. The second-order valence-corrected chi connectivity index (χ2v) is 8.84. The SMILES string of the molecule is COc1ccccc1NS(=O)(=O)c1ccc(C(=O)Nc2ccc(Br)cc2C)cc1.